The van der Waals surface area contributed by atoms with Crippen molar-refractivity contribution in [3.8, 4) is 11.8 Å². The molecule has 106 valence electrons. The van der Waals surface area contributed by atoms with Gasteiger partial charge in [-0.05, 0) is 24.0 Å². The van der Waals surface area contributed by atoms with Crippen molar-refractivity contribution in [2.45, 2.75) is 26.7 Å². The van der Waals surface area contributed by atoms with Crippen molar-refractivity contribution in [2.75, 3.05) is 0 Å². The molecule has 0 aliphatic heterocycles. The van der Waals surface area contributed by atoms with Crippen molar-refractivity contribution < 1.29 is 9.18 Å². The number of nitriles is 1. The van der Waals surface area contributed by atoms with E-state index in [9.17, 15) is 9.18 Å². The maximum atomic E-state index is 13.8. The number of aromatic nitrogens is 3. The second kappa shape index (κ2) is 4.48. The first-order valence-electron chi connectivity index (χ1n) is 6.59. The van der Waals surface area contributed by atoms with Gasteiger partial charge in [0.05, 0.1) is 16.9 Å². The smallest absolute Gasteiger partial charge is 0.185 e. The molecule has 0 atom stereocenters. The third-order valence-electron chi connectivity index (χ3n) is 3.63. The number of halogens is 1. The highest BCUT2D eigenvalue weighted by Gasteiger charge is 2.35. The average Bonchev–Trinajstić information content (AvgIpc) is 2.81. The van der Waals surface area contributed by atoms with E-state index in [-0.39, 0.29) is 16.8 Å². The third kappa shape index (κ3) is 2.21. The molecule has 6 heteroatoms. The Kier molecular flexibility index (Phi) is 2.87. The van der Waals surface area contributed by atoms with E-state index in [4.69, 9.17) is 5.26 Å². The van der Waals surface area contributed by atoms with Crippen molar-refractivity contribution in [2.24, 2.45) is 5.41 Å². The van der Waals surface area contributed by atoms with Gasteiger partial charge in [-0.2, -0.15) is 5.26 Å². The molecule has 21 heavy (non-hydrogen) atoms. The molecule has 3 rings (SSSR count). The van der Waals surface area contributed by atoms with Crippen molar-refractivity contribution >= 4 is 5.78 Å². The fourth-order valence-electron chi connectivity index (χ4n) is 2.64. The molecule has 0 saturated heterocycles. The predicted molar refractivity (Wildman–Crippen MR) is 72.5 cm³/mol. The third-order valence-corrected chi connectivity index (χ3v) is 3.63. The fraction of sp³-hybridized carbons (Fsp3) is 0.333. The van der Waals surface area contributed by atoms with Crippen LogP contribution >= 0.6 is 0 Å². The second-order valence-corrected chi connectivity index (χ2v) is 6.01. The van der Waals surface area contributed by atoms with Crippen LogP contribution in [0.5, 0.6) is 0 Å². The molecule has 2 aromatic rings. The molecule has 0 spiro atoms. The van der Waals surface area contributed by atoms with Gasteiger partial charge in [0.25, 0.3) is 0 Å². The van der Waals surface area contributed by atoms with E-state index in [0.29, 0.717) is 29.9 Å². The lowest BCUT2D eigenvalue weighted by atomic mass is 9.77. The summed E-state index contributed by atoms with van der Waals surface area (Å²) in [7, 11) is 0. The normalized spacial score (nSPS) is 16.4. The van der Waals surface area contributed by atoms with Crippen LogP contribution in [-0.4, -0.2) is 20.8 Å². The van der Waals surface area contributed by atoms with Gasteiger partial charge in [-0.25, -0.2) is 9.07 Å². The topological polar surface area (TPSA) is 71.6 Å². The number of carbonyl (C=O) groups is 1. The number of carbonyl (C=O) groups excluding carboxylic acids is 1. The Morgan fingerprint density at radius 3 is 2.81 bits per heavy atom. The maximum Gasteiger partial charge on any atom is 0.185 e. The lowest BCUT2D eigenvalue weighted by molar-refractivity contribution is 0.0905. The molecule has 1 aliphatic carbocycles. The molecular weight excluding hydrogens is 271 g/mol. The Morgan fingerprint density at radius 2 is 2.14 bits per heavy atom. The van der Waals surface area contributed by atoms with E-state index in [1.807, 2.05) is 13.8 Å². The standard InChI is InChI=1S/C15H13FN4O/c1-15(2)6-12-14(13(21)7-15)18-19-20(12)10-4-3-9(8-17)11(16)5-10/h3-5H,6-7H2,1-2H3. The summed E-state index contributed by atoms with van der Waals surface area (Å²) < 4.78 is 15.2. The van der Waals surface area contributed by atoms with Crippen LogP contribution in [0.2, 0.25) is 0 Å². The van der Waals surface area contributed by atoms with Crippen molar-refractivity contribution in [1.82, 2.24) is 15.0 Å². The molecule has 1 aliphatic rings. The number of ketones is 1. The summed E-state index contributed by atoms with van der Waals surface area (Å²) in [5.74, 6) is -0.651. The summed E-state index contributed by atoms with van der Waals surface area (Å²) in [6.45, 7) is 4.01. The number of nitrogens with zero attached hydrogens (tertiary/aromatic N) is 4. The Hall–Kier alpha value is -2.55. The summed E-state index contributed by atoms with van der Waals surface area (Å²) in [5, 5.41) is 16.7. The van der Waals surface area contributed by atoms with Gasteiger partial charge < -0.3 is 0 Å². The number of rotatable bonds is 1. The molecule has 0 fully saturated rings. The van der Waals surface area contributed by atoms with Gasteiger partial charge in [-0.3, -0.25) is 4.79 Å². The van der Waals surface area contributed by atoms with Gasteiger partial charge in [0.2, 0.25) is 0 Å². The second-order valence-electron chi connectivity index (χ2n) is 6.01. The minimum atomic E-state index is -0.611. The quantitative estimate of drug-likeness (QED) is 0.806. The largest absolute Gasteiger partial charge is 0.292 e. The van der Waals surface area contributed by atoms with Crippen molar-refractivity contribution in [3.63, 3.8) is 0 Å². The summed E-state index contributed by atoms with van der Waals surface area (Å²) in [4.78, 5) is 12.1. The number of Topliss-reactive ketones (excluding diaryl/α,β-unsaturated/α-hetero) is 1. The number of hydrogen-bond acceptors (Lipinski definition) is 4. The Labute approximate surface area is 121 Å². The van der Waals surface area contributed by atoms with E-state index < -0.39 is 5.82 Å². The number of fused-ring (bicyclic) bond motifs is 1. The van der Waals surface area contributed by atoms with Crippen LogP contribution in [0.1, 0.15) is 42.0 Å². The molecular formula is C15H13FN4O. The van der Waals surface area contributed by atoms with Gasteiger partial charge >= 0.3 is 0 Å². The molecule has 1 heterocycles. The van der Waals surface area contributed by atoms with E-state index in [0.717, 1.165) is 0 Å². The van der Waals surface area contributed by atoms with Crippen LogP contribution < -0.4 is 0 Å². The van der Waals surface area contributed by atoms with Crippen LogP contribution in [0, 0.1) is 22.6 Å². The van der Waals surface area contributed by atoms with E-state index in [1.54, 1.807) is 12.1 Å². The Balaban J connectivity index is 2.12. The first-order chi connectivity index (χ1) is 9.91. The highest BCUT2D eigenvalue weighted by Crippen LogP contribution is 2.34. The van der Waals surface area contributed by atoms with E-state index >= 15 is 0 Å². The first kappa shape index (κ1) is 13.4. The molecule has 5 nitrogen and oxygen atoms in total. The van der Waals surface area contributed by atoms with Crippen LogP contribution in [0.15, 0.2) is 18.2 Å². The van der Waals surface area contributed by atoms with Gasteiger partial charge in [0.15, 0.2) is 11.5 Å². The molecule has 0 unspecified atom stereocenters. The lowest BCUT2D eigenvalue weighted by Gasteiger charge is -2.27. The van der Waals surface area contributed by atoms with Gasteiger partial charge in [-0.1, -0.05) is 19.1 Å². The van der Waals surface area contributed by atoms with E-state index in [2.05, 4.69) is 10.3 Å². The zero-order valence-corrected chi connectivity index (χ0v) is 11.7. The first-order valence-corrected chi connectivity index (χ1v) is 6.59. The summed E-state index contributed by atoms with van der Waals surface area (Å²) in [6, 6.07) is 6.01. The zero-order valence-electron chi connectivity index (χ0n) is 11.7. The SMILES string of the molecule is CC1(C)CC(=O)c2nnn(-c3ccc(C#N)c(F)c3)c2C1. The van der Waals surface area contributed by atoms with Crippen LogP contribution in [0.25, 0.3) is 5.69 Å². The van der Waals surface area contributed by atoms with Crippen LogP contribution in [-0.2, 0) is 6.42 Å². The minimum Gasteiger partial charge on any atom is -0.292 e. The van der Waals surface area contributed by atoms with Gasteiger partial charge in [0, 0.05) is 12.5 Å². The summed E-state index contributed by atoms with van der Waals surface area (Å²) in [6.07, 6.45) is 1.07. The maximum absolute atomic E-state index is 13.8. The number of hydrogen-bond donors (Lipinski definition) is 0. The molecule has 0 saturated carbocycles. The van der Waals surface area contributed by atoms with Crippen LogP contribution in [0.4, 0.5) is 4.39 Å². The lowest BCUT2D eigenvalue weighted by Crippen LogP contribution is -2.28. The highest BCUT2D eigenvalue weighted by molar-refractivity contribution is 5.96. The van der Waals surface area contributed by atoms with Gasteiger partial charge in [0.1, 0.15) is 11.9 Å². The van der Waals surface area contributed by atoms with E-state index in [1.165, 1.54) is 16.8 Å². The molecule has 1 aromatic heterocycles. The zero-order chi connectivity index (χ0) is 15.2. The average molecular weight is 284 g/mol. The summed E-state index contributed by atoms with van der Waals surface area (Å²) >= 11 is 0. The summed E-state index contributed by atoms with van der Waals surface area (Å²) in [5.41, 5.74) is 1.32. The highest BCUT2D eigenvalue weighted by atomic mass is 19.1. The van der Waals surface area contributed by atoms with Crippen molar-refractivity contribution in [1.29, 1.82) is 5.26 Å². The molecule has 0 bridgehead atoms. The molecule has 0 N–H and O–H groups in total. The Bertz CT molecular complexity index is 785. The monoisotopic (exact) mass is 284 g/mol. The van der Waals surface area contributed by atoms with Gasteiger partial charge in [-0.15, -0.1) is 5.10 Å². The Morgan fingerprint density at radius 1 is 1.38 bits per heavy atom. The predicted octanol–water partition coefficient (Wildman–Crippen LogP) is 2.43. The van der Waals surface area contributed by atoms with Crippen molar-refractivity contribution in [3.05, 3.63) is 41.0 Å². The molecule has 0 radical (unpaired) electrons. The van der Waals surface area contributed by atoms with Crippen LogP contribution in [0.3, 0.4) is 0 Å². The number of benzene rings is 1. The molecule has 1 aromatic carbocycles. The minimum absolute atomic E-state index is 0.0239. The fourth-order valence-corrected chi connectivity index (χ4v) is 2.64. The molecule has 0 amide bonds.